The molecule has 22 heavy (non-hydrogen) atoms. The van der Waals surface area contributed by atoms with Crippen LogP contribution < -0.4 is 9.47 Å². The molecule has 0 N–H and O–H groups in total. The Kier molecular flexibility index (Phi) is 5.42. The highest BCUT2D eigenvalue weighted by atomic mass is 16.5. The molecule has 2 aromatic carbocycles. The van der Waals surface area contributed by atoms with Gasteiger partial charge in [-0.25, -0.2) is 0 Å². The first-order valence-corrected chi connectivity index (χ1v) is 7.26. The highest BCUT2D eigenvalue weighted by Gasteiger charge is 2.09. The number of methoxy groups -OCH3 is 2. The van der Waals surface area contributed by atoms with E-state index in [0.717, 1.165) is 35.5 Å². The van der Waals surface area contributed by atoms with Crippen molar-refractivity contribution in [3.05, 3.63) is 78.4 Å². The van der Waals surface area contributed by atoms with Gasteiger partial charge < -0.3 is 9.47 Å². The second-order valence-electron chi connectivity index (χ2n) is 5.16. The van der Waals surface area contributed by atoms with Crippen LogP contribution >= 0.6 is 0 Å². The van der Waals surface area contributed by atoms with Crippen LogP contribution in [0.1, 0.15) is 16.7 Å². The molecule has 0 amide bonds. The van der Waals surface area contributed by atoms with Crippen molar-refractivity contribution in [2.24, 2.45) is 0 Å². The van der Waals surface area contributed by atoms with Gasteiger partial charge >= 0.3 is 0 Å². The monoisotopic (exact) mass is 294 g/mol. The van der Waals surface area contributed by atoms with E-state index in [-0.39, 0.29) is 0 Å². The Morgan fingerprint density at radius 2 is 1.68 bits per heavy atom. The van der Waals surface area contributed by atoms with Crippen molar-refractivity contribution in [1.29, 1.82) is 0 Å². The van der Waals surface area contributed by atoms with E-state index in [0.29, 0.717) is 0 Å². The first kappa shape index (κ1) is 15.9. The lowest BCUT2D eigenvalue weighted by Gasteiger charge is -2.13. The zero-order chi connectivity index (χ0) is 15.9. The summed E-state index contributed by atoms with van der Waals surface area (Å²) in [6.45, 7) is 8.03. The first-order chi connectivity index (χ1) is 10.7. The van der Waals surface area contributed by atoms with Gasteiger partial charge in [-0.3, -0.25) is 0 Å². The van der Waals surface area contributed by atoms with Crippen LogP contribution in [0.25, 0.3) is 5.57 Å². The normalized spacial score (nSPS) is 10.1. The Labute approximate surface area is 132 Å². The van der Waals surface area contributed by atoms with Crippen LogP contribution in [0.2, 0.25) is 0 Å². The van der Waals surface area contributed by atoms with Crippen LogP contribution in [0.3, 0.4) is 0 Å². The zero-order valence-electron chi connectivity index (χ0n) is 13.3. The van der Waals surface area contributed by atoms with Crippen LogP contribution in [0.15, 0.2) is 61.7 Å². The predicted molar refractivity (Wildman–Crippen MR) is 92.6 cm³/mol. The molecule has 0 fully saturated rings. The molecule has 0 unspecified atom stereocenters. The van der Waals surface area contributed by atoms with Gasteiger partial charge in [0, 0.05) is 5.56 Å². The second kappa shape index (κ2) is 7.51. The van der Waals surface area contributed by atoms with Crippen LogP contribution in [-0.4, -0.2) is 14.2 Å². The Balaban J connectivity index is 2.23. The van der Waals surface area contributed by atoms with Gasteiger partial charge in [0.15, 0.2) is 0 Å². The van der Waals surface area contributed by atoms with Gasteiger partial charge in [0.1, 0.15) is 11.5 Å². The molecule has 2 aromatic rings. The lowest BCUT2D eigenvalue weighted by Crippen LogP contribution is -1.96. The molecule has 0 bridgehead atoms. The van der Waals surface area contributed by atoms with Crippen molar-refractivity contribution in [3.63, 3.8) is 0 Å². The molecule has 0 heterocycles. The number of hydrogen-bond donors (Lipinski definition) is 0. The highest BCUT2D eigenvalue weighted by molar-refractivity contribution is 5.71. The second-order valence-corrected chi connectivity index (χ2v) is 5.16. The number of ether oxygens (including phenoxy) is 2. The fraction of sp³-hybridized carbons (Fsp3) is 0.200. The fourth-order valence-electron chi connectivity index (χ4n) is 2.41. The standard InChI is InChI=1S/C20H22O2/c1-5-6-16-9-12-20(22-4)19(14-16)15(2)13-17-7-10-18(21-3)11-8-17/h5,7-12,14H,1-2,6,13H2,3-4H3. The van der Waals surface area contributed by atoms with Gasteiger partial charge in [-0.05, 0) is 53.8 Å². The van der Waals surface area contributed by atoms with E-state index in [4.69, 9.17) is 9.47 Å². The van der Waals surface area contributed by atoms with Crippen molar-refractivity contribution in [2.45, 2.75) is 12.8 Å². The molecule has 0 radical (unpaired) electrons. The number of benzene rings is 2. The Bertz CT molecular complexity index is 654. The zero-order valence-corrected chi connectivity index (χ0v) is 13.3. The average molecular weight is 294 g/mol. The summed E-state index contributed by atoms with van der Waals surface area (Å²) < 4.78 is 10.7. The molecule has 2 nitrogen and oxygen atoms in total. The van der Waals surface area contributed by atoms with Gasteiger partial charge in [0.2, 0.25) is 0 Å². The average Bonchev–Trinajstić information content (AvgIpc) is 2.55. The van der Waals surface area contributed by atoms with E-state index in [1.54, 1.807) is 14.2 Å². The fourth-order valence-corrected chi connectivity index (χ4v) is 2.41. The minimum Gasteiger partial charge on any atom is -0.497 e. The predicted octanol–water partition coefficient (Wildman–Crippen LogP) is 4.69. The SMILES string of the molecule is C=CCc1ccc(OC)c(C(=C)Cc2ccc(OC)cc2)c1. The molecular formula is C20H22O2. The van der Waals surface area contributed by atoms with Crippen LogP contribution in [-0.2, 0) is 12.8 Å². The van der Waals surface area contributed by atoms with Crippen molar-refractivity contribution < 1.29 is 9.47 Å². The van der Waals surface area contributed by atoms with Crippen LogP contribution in [0.5, 0.6) is 11.5 Å². The summed E-state index contributed by atoms with van der Waals surface area (Å²) in [5, 5.41) is 0. The molecule has 0 aliphatic heterocycles. The van der Waals surface area contributed by atoms with Crippen molar-refractivity contribution in [1.82, 2.24) is 0 Å². The highest BCUT2D eigenvalue weighted by Crippen LogP contribution is 2.29. The van der Waals surface area contributed by atoms with E-state index >= 15 is 0 Å². The molecule has 0 saturated carbocycles. The maximum atomic E-state index is 5.47. The third-order valence-corrected chi connectivity index (χ3v) is 3.60. The lowest BCUT2D eigenvalue weighted by molar-refractivity contribution is 0.413. The summed E-state index contributed by atoms with van der Waals surface area (Å²) in [6.07, 6.45) is 3.52. The van der Waals surface area contributed by atoms with E-state index < -0.39 is 0 Å². The lowest BCUT2D eigenvalue weighted by atomic mass is 9.96. The Hall–Kier alpha value is -2.48. The Morgan fingerprint density at radius 1 is 1.00 bits per heavy atom. The summed E-state index contributed by atoms with van der Waals surface area (Å²) >= 11 is 0. The van der Waals surface area contributed by atoms with Gasteiger partial charge in [0.05, 0.1) is 14.2 Å². The molecule has 0 spiro atoms. The summed E-state index contributed by atoms with van der Waals surface area (Å²) in [7, 11) is 3.36. The van der Waals surface area contributed by atoms with Crippen molar-refractivity contribution in [2.75, 3.05) is 14.2 Å². The molecular weight excluding hydrogens is 272 g/mol. The summed E-state index contributed by atoms with van der Waals surface area (Å²) in [6, 6.07) is 14.2. The molecule has 0 aliphatic rings. The number of allylic oxidation sites excluding steroid dienone is 2. The maximum Gasteiger partial charge on any atom is 0.126 e. The molecule has 0 atom stereocenters. The molecule has 2 rings (SSSR count). The van der Waals surface area contributed by atoms with Crippen LogP contribution in [0.4, 0.5) is 0 Å². The maximum absolute atomic E-state index is 5.47. The van der Waals surface area contributed by atoms with Crippen LogP contribution in [0, 0.1) is 0 Å². The molecule has 0 aromatic heterocycles. The number of hydrogen-bond acceptors (Lipinski definition) is 2. The van der Waals surface area contributed by atoms with Gasteiger partial charge in [0.25, 0.3) is 0 Å². The molecule has 114 valence electrons. The molecule has 2 heteroatoms. The van der Waals surface area contributed by atoms with Crippen molar-refractivity contribution in [3.8, 4) is 11.5 Å². The number of rotatable bonds is 7. The minimum absolute atomic E-state index is 0.776. The topological polar surface area (TPSA) is 18.5 Å². The largest absolute Gasteiger partial charge is 0.497 e. The van der Waals surface area contributed by atoms with E-state index in [2.05, 4.69) is 37.4 Å². The summed E-state index contributed by atoms with van der Waals surface area (Å²) in [4.78, 5) is 0. The molecule has 0 aliphatic carbocycles. The third-order valence-electron chi connectivity index (χ3n) is 3.60. The first-order valence-electron chi connectivity index (χ1n) is 7.26. The molecule has 0 saturated heterocycles. The quantitative estimate of drug-likeness (QED) is 0.690. The van der Waals surface area contributed by atoms with E-state index in [9.17, 15) is 0 Å². The smallest absolute Gasteiger partial charge is 0.126 e. The van der Waals surface area contributed by atoms with E-state index in [1.165, 1.54) is 11.1 Å². The van der Waals surface area contributed by atoms with Gasteiger partial charge in [-0.1, -0.05) is 30.9 Å². The summed E-state index contributed by atoms with van der Waals surface area (Å²) in [5.74, 6) is 1.71. The van der Waals surface area contributed by atoms with Gasteiger partial charge in [-0.2, -0.15) is 0 Å². The minimum atomic E-state index is 0.776. The Morgan fingerprint density at radius 3 is 2.27 bits per heavy atom. The van der Waals surface area contributed by atoms with Gasteiger partial charge in [-0.15, -0.1) is 6.58 Å². The van der Waals surface area contributed by atoms with E-state index in [1.807, 2.05) is 24.3 Å². The van der Waals surface area contributed by atoms with Crippen molar-refractivity contribution >= 4 is 5.57 Å². The summed E-state index contributed by atoms with van der Waals surface area (Å²) in [5.41, 5.74) is 4.49. The third kappa shape index (κ3) is 3.79.